The standard InChI is InChI=1S/C19H27NO2/c1-2-14-3-4-17(13-14)15-5-7-16(8-6-15)19(22)20-11-9-18(21)10-12-20/h5-8,14,17-18,21H,2-4,9-13H2,1H3/t14?,17-/m0/s1. The minimum absolute atomic E-state index is 0.108. The number of rotatable bonds is 3. The summed E-state index contributed by atoms with van der Waals surface area (Å²) in [6, 6.07) is 8.27. The lowest BCUT2D eigenvalue weighted by molar-refractivity contribution is 0.0546. The Morgan fingerprint density at radius 1 is 1.14 bits per heavy atom. The van der Waals surface area contributed by atoms with Gasteiger partial charge in [-0.05, 0) is 61.6 Å². The summed E-state index contributed by atoms with van der Waals surface area (Å²) in [5.74, 6) is 1.67. The molecule has 1 aromatic carbocycles. The topological polar surface area (TPSA) is 40.5 Å². The number of aliphatic hydroxyl groups excluding tert-OH is 1. The highest BCUT2D eigenvalue weighted by Crippen LogP contribution is 2.39. The number of aliphatic hydroxyl groups is 1. The monoisotopic (exact) mass is 301 g/mol. The molecule has 1 amide bonds. The molecule has 2 aliphatic rings. The van der Waals surface area contributed by atoms with E-state index in [1.807, 2.05) is 17.0 Å². The Morgan fingerprint density at radius 3 is 2.41 bits per heavy atom. The number of carbonyl (C=O) groups is 1. The summed E-state index contributed by atoms with van der Waals surface area (Å²) >= 11 is 0. The zero-order valence-electron chi connectivity index (χ0n) is 13.5. The molecule has 2 atom stereocenters. The van der Waals surface area contributed by atoms with Crippen molar-refractivity contribution in [2.45, 2.75) is 57.5 Å². The van der Waals surface area contributed by atoms with Crippen LogP contribution in [0.1, 0.15) is 67.3 Å². The molecule has 0 spiro atoms. The first-order chi connectivity index (χ1) is 10.7. The Morgan fingerprint density at radius 2 is 1.82 bits per heavy atom. The molecule has 0 bridgehead atoms. The number of hydrogen-bond acceptors (Lipinski definition) is 2. The van der Waals surface area contributed by atoms with Crippen molar-refractivity contribution in [3.8, 4) is 0 Å². The Hall–Kier alpha value is -1.35. The molecular weight excluding hydrogens is 274 g/mol. The number of likely N-dealkylation sites (tertiary alicyclic amines) is 1. The summed E-state index contributed by atoms with van der Waals surface area (Å²) in [6.45, 7) is 3.62. The van der Waals surface area contributed by atoms with Crippen LogP contribution in [0, 0.1) is 5.92 Å². The van der Waals surface area contributed by atoms with Crippen LogP contribution >= 0.6 is 0 Å². The average Bonchev–Trinajstić information content (AvgIpc) is 3.04. The molecule has 2 fully saturated rings. The lowest BCUT2D eigenvalue weighted by atomic mass is 9.94. The summed E-state index contributed by atoms with van der Waals surface area (Å²) < 4.78 is 0. The minimum Gasteiger partial charge on any atom is -0.393 e. The van der Waals surface area contributed by atoms with Crippen molar-refractivity contribution in [1.82, 2.24) is 4.90 Å². The van der Waals surface area contributed by atoms with Crippen molar-refractivity contribution in [2.24, 2.45) is 5.92 Å². The molecule has 1 aliphatic carbocycles. The van der Waals surface area contributed by atoms with Crippen molar-refractivity contribution in [3.63, 3.8) is 0 Å². The normalized spacial score (nSPS) is 26.4. The third-order valence-corrected chi connectivity index (χ3v) is 5.50. The maximum Gasteiger partial charge on any atom is 0.253 e. The summed E-state index contributed by atoms with van der Waals surface area (Å²) in [4.78, 5) is 14.3. The molecule has 0 radical (unpaired) electrons. The largest absolute Gasteiger partial charge is 0.393 e. The summed E-state index contributed by atoms with van der Waals surface area (Å²) in [5.41, 5.74) is 2.17. The van der Waals surface area contributed by atoms with Gasteiger partial charge < -0.3 is 10.0 Å². The van der Waals surface area contributed by atoms with Gasteiger partial charge in [0, 0.05) is 18.7 Å². The lowest BCUT2D eigenvalue weighted by Crippen LogP contribution is -2.40. The average molecular weight is 301 g/mol. The molecule has 1 aliphatic heterocycles. The SMILES string of the molecule is CCC1CC[C@H](c2ccc(C(=O)N3CCC(O)CC3)cc2)C1. The Balaban J connectivity index is 1.63. The van der Waals surface area contributed by atoms with E-state index in [1.54, 1.807) is 0 Å². The van der Waals surface area contributed by atoms with Gasteiger partial charge in [0.05, 0.1) is 6.10 Å². The highest BCUT2D eigenvalue weighted by molar-refractivity contribution is 5.94. The van der Waals surface area contributed by atoms with Crippen molar-refractivity contribution >= 4 is 5.91 Å². The third kappa shape index (κ3) is 3.35. The molecule has 1 aromatic rings. The fourth-order valence-corrected chi connectivity index (χ4v) is 3.90. The van der Waals surface area contributed by atoms with Gasteiger partial charge in [-0.3, -0.25) is 4.79 Å². The summed E-state index contributed by atoms with van der Waals surface area (Å²) in [5, 5.41) is 9.54. The minimum atomic E-state index is -0.236. The van der Waals surface area contributed by atoms with E-state index in [9.17, 15) is 9.90 Å². The van der Waals surface area contributed by atoms with Crippen LogP contribution in [0.15, 0.2) is 24.3 Å². The molecule has 3 rings (SSSR count). The summed E-state index contributed by atoms with van der Waals surface area (Å²) in [7, 11) is 0. The van der Waals surface area contributed by atoms with Crippen molar-refractivity contribution in [1.29, 1.82) is 0 Å². The van der Waals surface area contributed by atoms with Crippen LogP contribution in [0.3, 0.4) is 0 Å². The second kappa shape index (κ2) is 6.82. The van der Waals surface area contributed by atoms with E-state index in [1.165, 1.54) is 31.2 Å². The zero-order valence-corrected chi connectivity index (χ0v) is 13.5. The van der Waals surface area contributed by atoms with Gasteiger partial charge in [0.15, 0.2) is 0 Å². The Bertz CT molecular complexity index is 503. The van der Waals surface area contributed by atoms with Crippen LogP contribution in [0.2, 0.25) is 0 Å². The molecule has 3 heteroatoms. The second-order valence-corrected chi connectivity index (χ2v) is 6.93. The third-order valence-electron chi connectivity index (χ3n) is 5.50. The van der Waals surface area contributed by atoms with Crippen LogP contribution in [0.25, 0.3) is 0 Å². The smallest absolute Gasteiger partial charge is 0.253 e. The van der Waals surface area contributed by atoms with Crippen LogP contribution in [-0.2, 0) is 0 Å². The van der Waals surface area contributed by atoms with Gasteiger partial charge in [0.25, 0.3) is 5.91 Å². The lowest BCUT2D eigenvalue weighted by Gasteiger charge is -2.29. The predicted octanol–water partition coefficient (Wildman–Crippen LogP) is 3.58. The number of benzene rings is 1. The number of amides is 1. The van der Waals surface area contributed by atoms with Gasteiger partial charge in [0.2, 0.25) is 0 Å². The van der Waals surface area contributed by atoms with E-state index in [0.29, 0.717) is 31.8 Å². The Kier molecular flexibility index (Phi) is 4.82. The van der Waals surface area contributed by atoms with Gasteiger partial charge in [-0.25, -0.2) is 0 Å². The number of hydrogen-bond donors (Lipinski definition) is 1. The fraction of sp³-hybridized carbons (Fsp3) is 0.632. The van der Waals surface area contributed by atoms with Crippen molar-refractivity contribution in [2.75, 3.05) is 13.1 Å². The van der Waals surface area contributed by atoms with E-state index in [4.69, 9.17) is 0 Å². The second-order valence-electron chi connectivity index (χ2n) is 6.93. The van der Waals surface area contributed by atoms with Crippen LogP contribution in [0.5, 0.6) is 0 Å². The molecule has 1 heterocycles. The Labute approximate surface area is 133 Å². The van der Waals surface area contributed by atoms with Crippen LogP contribution in [-0.4, -0.2) is 35.1 Å². The van der Waals surface area contributed by atoms with E-state index < -0.39 is 0 Å². The first-order valence-electron chi connectivity index (χ1n) is 8.74. The summed E-state index contributed by atoms with van der Waals surface area (Å²) in [6.07, 6.45) is 6.38. The molecule has 1 saturated heterocycles. The van der Waals surface area contributed by atoms with Gasteiger partial charge >= 0.3 is 0 Å². The molecule has 120 valence electrons. The first-order valence-corrected chi connectivity index (χ1v) is 8.74. The molecule has 22 heavy (non-hydrogen) atoms. The molecular formula is C19H27NO2. The molecule has 3 nitrogen and oxygen atoms in total. The van der Waals surface area contributed by atoms with Crippen molar-refractivity contribution < 1.29 is 9.90 Å². The van der Waals surface area contributed by atoms with Crippen molar-refractivity contribution in [3.05, 3.63) is 35.4 Å². The quantitative estimate of drug-likeness (QED) is 0.927. The van der Waals surface area contributed by atoms with E-state index in [0.717, 1.165) is 11.5 Å². The number of nitrogens with zero attached hydrogens (tertiary/aromatic N) is 1. The number of piperidine rings is 1. The highest BCUT2D eigenvalue weighted by Gasteiger charge is 2.25. The highest BCUT2D eigenvalue weighted by atomic mass is 16.3. The molecule has 1 N–H and O–H groups in total. The maximum absolute atomic E-state index is 12.5. The van der Waals surface area contributed by atoms with Gasteiger partial charge in [-0.15, -0.1) is 0 Å². The van der Waals surface area contributed by atoms with E-state index >= 15 is 0 Å². The van der Waals surface area contributed by atoms with Gasteiger partial charge in [0.1, 0.15) is 0 Å². The molecule has 1 saturated carbocycles. The zero-order chi connectivity index (χ0) is 15.5. The fourth-order valence-electron chi connectivity index (χ4n) is 3.90. The van der Waals surface area contributed by atoms with E-state index in [2.05, 4.69) is 19.1 Å². The van der Waals surface area contributed by atoms with Gasteiger partial charge in [-0.2, -0.15) is 0 Å². The maximum atomic E-state index is 12.5. The molecule has 1 unspecified atom stereocenters. The predicted molar refractivity (Wildman–Crippen MR) is 88.0 cm³/mol. The first kappa shape index (κ1) is 15.5. The molecule has 0 aromatic heterocycles. The van der Waals surface area contributed by atoms with E-state index in [-0.39, 0.29) is 12.0 Å². The number of carbonyl (C=O) groups excluding carboxylic acids is 1. The van der Waals surface area contributed by atoms with Gasteiger partial charge in [-0.1, -0.05) is 25.5 Å². The van der Waals surface area contributed by atoms with Crippen LogP contribution < -0.4 is 0 Å². The van der Waals surface area contributed by atoms with Crippen LogP contribution in [0.4, 0.5) is 0 Å².